The highest BCUT2D eigenvalue weighted by molar-refractivity contribution is 8.02. The monoisotopic (exact) mass is 463 g/mol. The maximum absolute atomic E-state index is 15.1. The first-order chi connectivity index (χ1) is 15.2. The van der Waals surface area contributed by atoms with Crippen molar-refractivity contribution in [2.75, 3.05) is 36.0 Å². The lowest BCUT2D eigenvalue weighted by atomic mass is 9.89. The number of carbonyl (C=O) groups is 2. The number of hydrogen-bond acceptors (Lipinski definition) is 9. The third kappa shape index (κ3) is 3.30. The standard InChI is InChI=1S/C21H22FN3O6S/c1-10-16(31-21(29)30-10)9-23-3-5-24(6-4-23)15-8-14-12(7-13(15)22)18(26)17(20(27)28)19-25(14)11(2)32-19/h7-8,11,17,19H,3-6,9H2,1-2H3,(H,27,28). The molecule has 1 aromatic heterocycles. The van der Waals surface area contributed by atoms with E-state index in [-0.39, 0.29) is 10.9 Å². The molecule has 11 heteroatoms. The second-order valence-corrected chi connectivity index (χ2v) is 9.67. The number of rotatable bonds is 4. The topological polar surface area (TPSA) is 107 Å². The first-order valence-electron chi connectivity index (χ1n) is 10.4. The number of ketones is 1. The Morgan fingerprint density at radius 3 is 2.50 bits per heavy atom. The maximum Gasteiger partial charge on any atom is 0.519 e. The first kappa shape index (κ1) is 21.1. The van der Waals surface area contributed by atoms with Crippen LogP contribution in [0.15, 0.2) is 25.8 Å². The number of Topliss-reactive ketones (excluding diaryl/α,β-unsaturated/α-hetero) is 1. The third-order valence-corrected chi connectivity index (χ3v) is 7.76. The van der Waals surface area contributed by atoms with Crippen LogP contribution in [0.1, 0.15) is 28.8 Å². The lowest BCUT2D eigenvalue weighted by Gasteiger charge is -2.53. The van der Waals surface area contributed by atoms with E-state index in [0.29, 0.717) is 55.6 Å². The Morgan fingerprint density at radius 1 is 1.19 bits per heavy atom. The van der Waals surface area contributed by atoms with Gasteiger partial charge in [0, 0.05) is 31.7 Å². The zero-order valence-corrected chi connectivity index (χ0v) is 18.4. The van der Waals surface area contributed by atoms with Crippen molar-refractivity contribution < 1.29 is 27.9 Å². The molecule has 2 fully saturated rings. The number of nitrogens with zero attached hydrogens (tertiary/aromatic N) is 3. The van der Waals surface area contributed by atoms with E-state index in [9.17, 15) is 19.5 Å². The zero-order chi connectivity index (χ0) is 22.7. The van der Waals surface area contributed by atoms with Gasteiger partial charge in [0.1, 0.15) is 17.5 Å². The van der Waals surface area contributed by atoms with Crippen LogP contribution in [0.3, 0.4) is 0 Å². The summed E-state index contributed by atoms with van der Waals surface area (Å²) < 4.78 is 25.0. The molecule has 0 saturated carbocycles. The van der Waals surface area contributed by atoms with Crippen LogP contribution in [0.2, 0.25) is 0 Å². The molecule has 0 aliphatic carbocycles. The molecule has 32 heavy (non-hydrogen) atoms. The molecule has 5 rings (SSSR count). The number of thioether (sulfide) groups is 1. The summed E-state index contributed by atoms with van der Waals surface area (Å²) in [6, 6.07) is 2.86. The van der Waals surface area contributed by atoms with Crippen LogP contribution in [-0.4, -0.2) is 58.7 Å². The van der Waals surface area contributed by atoms with Crippen LogP contribution in [-0.2, 0) is 11.3 Å². The summed E-state index contributed by atoms with van der Waals surface area (Å²) in [4.78, 5) is 41.6. The highest BCUT2D eigenvalue weighted by Gasteiger charge is 2.53. The Hall–Kier alpha value is -2.79. The lowest BCUT2D eigenvalue weighted by molar-refractivity contribution is -0.140. The molecule has 1 aromatic carbocycles. The molecule has 0 spiro atoms. The molecule has 3 aliphatic rings. The second kappa shape index (κ2) is 7.66. The van der Waals surface area contributed by atoms with Gasteiger partial charge in [0.2, 0.25) is 0 Å². The van der Waals surface area contributed by atoms with Crippen molar-refractivity contribution in [3.63, 3.8) is 0 Å². The van der Waals surface area contributed by atoms with Gasteiger partial charge in [0.05, 0.1) is 28.7 Å². The molecule has 2 saturated heterocycles. The van der Waals surface area contributed by atoms with Gasteiger partial charge in [0.15, 0.2) is 11.5 Å². The van der Waals surface area contributed by atoms with Gasteiger partial charge >= 0.3 is 11.8 Å². The number of carboxylic acids is 1. The van der Waals surface area contributed by atoms with Gasteiger partial charge < -0.3 is 23.7 Å². The molecule has 3 unspecified atom stereocenters. The van der Waals surface area contributed by atoms with E-state index in [1.807, 2.05) is 16.7 Å². The molecule has 3 aliphatic heterocycles. The first-order valence-corrected chi connectivity index (χ1v) is 11.3. The highest BCUT2D eigenvalue weighted by atomic mass is 32.2. The van der Waals surface area contributed by atoms with E-state index < -0.39 is 34.7 Å². The van der Waals surface area contributed by atoms with Crippen molar-refractivity contribution in [1.82, 2.24) is 4.90 Å². The SMILES string of the molecule is Cc1oc(=O)oc1CN1CCN(c2cc3c(cc2F)C(=O)C(C(=O)O)C2SC(C)N32)CC1. The average molecular weight is 463 g/mol. The Bertz CT molecular complexity index is 1150. The highest BCUT2D eigenvalue weighted by Crippen LogP contribution is 2.51. The van der Waals surface area contributed by atoms with Crippen LogP contribution in [0.4, 0.5) is 15.8 Å². The predicted octanol–water partition coefficient (Wildman–Crippen LogP) is 2.12. The van der Waals surface area contributed by atoms with Gasteiger partial charge in [-0.05, 0) is 26.0 Å². The molecule has 0 bridgehead atoms. The number of fused-ring (bicyclic) bond motifs is 3. The van der Waals surface area contributed by atoms with E-state index in [1.54, 1.807) is 13.0 Å². The number of benzene rings is 1. The van der Waals surface area contributed by atoms with E-state index in [1.165, 1.54) is 17.8 Å². The Labute approximate surface area is 186 Å². The van der Waals surface area contributed by atoms with E-state index in [2.05, 4.69) is 4.90 Å². The van der Waals surface area contributed by atoms with Gasteiger partial charge in [-0.25, -0.2) is 9.18 Å². The number of carbonyl (C=O) groups excluding carboxylic acids is 1. The number of anilines is 2. The number of piperazine rings is 1. The average Bonchev–Trinajstić information content (AvgIpc) is 3.05. The quantitative estimate of drug-likeness (QED) is 0.678. The van der Waals surface area contributed by atoms with Crippen molar-refractivity contribution in [3.05, 3.63) is 45.7 Å². The number of aryl methyl sites for hydroxylation is 1. The second-order valence-electron chi connectivity index (χ2n) is 8.23. The number of hydrogen-bond donors (Lipinski definition) is 1. The molecular weight excluding hydrogens is 441 g/mol. The Kier molecular flexibility index (Phi) is 5.05. The van der Waals surface area contributed by atoms with E-state index in [0.717, 1.165) is 0 Å². The van der Waals surface area contributed by atoms with Crippen LogP contribution in [0.5, 0.6) is 0 Å². The smallest absolute Gasteiger partial charge is 0.481 e. The predicted molar refractivity (Wildman–Crippen MR) is 115 cm³/mol. The van der Waals surface area contributed by atoms with Crippen LogP contribution in [0, 0.1) is 18.7 Å². The number of halogens is 1. The lowest BCUT2D eigenvalue weighted by Crippen LogP contribution is -2.60. The summed E-state index contributed by atoms with van der Waals surface area (Å²) >= 11 is 1.44. The molecule has 1 N–H and O–H groups in total. The van der Waals surface area contributed by atoms with Crippen molar-refractivity contribution in [2.45, 2.75) is 31.1 Å². The fourth-order valence-corrected chi connectivity index (χ4v) is 6.06. The Balaban J connectivity index is 1.37. The summed E-state index contributed by atoms with van der Waals surface area (Å²) in [5.74, 6) is -3.22. The summed E-state index contributed by atoms with van der Waals surface area (Å²) in [6.07, 6.45) is 0. The van der Waals surface area contributed by atoms with Crippen molar-refractivity contribution in [3.8, 4) is 0 Å². The van der Waals surface area contributed by atoms with Crippen molar-refractivity contribution in [1.29, 1.82) is 0 Å². The summed E-state index contributed by atoms with van der Waals surface area (Å²) in [5, 5.41) is 9.07. The fourth-order valence-electron chi connectivity index (χ4n) is 4.65. The van der Waals surface area contributed by atoms with Gasteiger partial charge in [-0.1, -0.05) is 0 Å². The van der Waals surface area contributed by atoms with Gasteiger partial charge in [-0.2, -0.15) is 0 Å². The molecular formula is C21H22FN3O6S. The van der Waals surface area contributed by atoms with Crippen molar-refractivity contribution in [2.24, 2.45) is 5.92 Å². The van der Waals surface area contributed by atoms with Gasteiger partial charge in [-0.15, -0.1) is 11.8 Å². The summed E-state index contributed by atoms with van der Waals surface area (Å²) in [7, 11) is 0. The molecule has 3 atom stereocenters. The normalized spacial score (nSPS) is 25.3. The van der Waals surface area contributed by atoms with Crippen LogP contribution < -0.4 is 15.6 Å². The van der Waals surface area contributed by atoms with E-state index in [4.69, 9.17) is 8.83 Å². The van der Waals surface area contributed by atoms with Gasteiger partial charge in [-0.3, -0.25) is 14.5 Å². The van der Waals surface area contributed by atoms with E-state index >= 15 is 4.39 Å². The molecule has 2 aromatic rings. The minimum absolute atomic E-state index is 0.0108. The van der Waals surface area contributed by atoms with Crippen molar-refractivity contribution >= 4 is 34.9 Å². The van der Waals surface area contributed by atoms with Crippen LogP contribution in [0.25, 0.3) is 0 Å². The molecule has 4 heterocycles. The Morgan fingerprint density at radius 2 is 1.91 bits per heavy atom. The largest absolute Gasteiger partial charge is 0.519 e. The molecule has 9 nitrogen and oxygen atoms in total. The molecule has 170 valence electrons. The molecule has 0 radical (unpaired) electrons. The van der Waals surface area contributed by atoms with Crippen LogP contribution >= 0.6 is 11.8 Å². The zero-order valence-electron chi connectivity index (χ0n) is 17.5. The summed E-state index contributed by atoms with van der Waals surface area (Å²) in [5.41, 5.74) is 1.13. The minimum atomic E-state index is -1.19. The number of carboxylic acid groups (broad SMARTS) is 1. The fraction of sp³-hybridized carbons (Fsp3) is 0.476. The number of aliphatic carboxylic acids is 1. The third-order valence-electron chi connectivity index (χ3n) is 6.36. The summed E-state index contributed by atoms with van der Waals surface area (Å²) in [6.45, 7) is 6.42. The van der Waals surface area contributed by atoms with Gasteiger partial charge in [0.25, 0.3) is 0 Å². The molecule has 0 amide bonds. The minimum Gasteiger partial charge on any atom is -0.481 e. The maximum atomic E-state index is 15.1.